The number of nitrogens with one attached hydrogen (secondary N) is 3. The van der Waals surface area contributed by atoms with Crippen molar-refractivity contribution in [1.29, 1.82) is 0 Å². The summed E-state index contributed by atoms with van der Waals surface area (Å²) in [6.45, 7) is 8.35. The van der Waals surface area contributed by atoms with Crippen LogP contribution in [0.2, 0.25) is 0 Å². The molecule has 17 heteroatoms. The molecular weight excluding hydrogens is 839 g/mol. The summed E-state index contributed by atoms with van der Waals surface area (Å²) in [7, 11) is 6.78. The normalized spacial score (nSPS) is 12.7. The molecule has 3 N–H and O–H groups in total. The number of anilines is 4. The van der Waals surface area contributed by atoms with E-state index in [0.29, 0.717) is 30.2 Å². The maximum atomic E-state index is 15.3. The maximum absolute atomic E-state index is 15.3. The number of benzene rings is 4. The molecule has 0 atom stereocenters. The molecule has 15 nitrogen and oxygen atoms in total. The molecule has 326 valence electrons. The van der Waals surface area contributed by atoms with Crippen molar-refractivity contribution in [3.63, 3.8) is 0 Å². The van der Waals surface area contributed by atoms with E-state index in [1.165, 1.54) is 36.9 Å². The van der Waals surface area contributed by atoms with E-state index in [-0.39, 0.29) is 38.3 Å². The number of para-hydroxylation sites is 2. The molecule has 1 fully saturated rings. The molecule has 6 aromatic rings. The number of amides is 4. The predicted molar refractivity (Wildman–Crippen MR) is 248 cm³/mol. The van der Waals surface area contributed by atoms with E-state index in [9.17, 15) is 9.59 Å². The Labute approximate surface area is 374 Å². The van der Waals surface area contributed by atoms with Crippen LogP contribution in [0, 0.1) is 13.8 Å². The number of piperazine rings is 1. The molecule has 1 saturated heterocycles. The molecule has 0 aliphatic carbocycles. The Hall–Kier alpha value is -6.50. The number of hydrogen-bond donors (Lipinski definition) is 3. The molecule has 4 amide bonds. The number of rotatable bonds is 14. The highest BCUT2D eigenvalue weighted by Gasteiger charge is 2.36. The lowest BCUT2D eigenvalue weighted by atomic mass is 9.98. The lowest BCUT2D eigenvalue weighted by Crippen LogP contribution is -2.54. The zero-order chi connectivity index (χ0) is 44.6. The van der Waals surface area contributed by atoms with E-state index >= 15 is 9.59 Å². The lowest BCUT2D eigenvalue weighted by Gasteiger charge is -2.34. The van der Waals surface area contributed by atoms with Crippen LogP contribution in [-0.4, -0.2) is 97.9 Å². The molecular formula is C46H49N9O6S2. The van der Waals surface area contributed by atoms with Crippen molar-refractivity contribution in [2.45, 2.75) is 26.9 Å². The van der Waals surface area contributed by atoms with Gasteiger partial charge in [0.1, 0.15) is 11.5 Å². The van der Waals surface area contributed by atoms with Crippen LogP contribution in [0.5, 0.6) is 11.5 Å². The average molecular weight is 888 g/mol. The molecule has 0 unspecified atom stereocenters. The second kappa shape index (κ2) is 20.1. The first kappa shape index (κ1) is 44.6. The average Bonchev–Trinajstić information content (AvgIpc) is 3.94. The van der Waals surface area contributed by atoms with Crippen LogP contribution in [0.4, 0.5) is 31.2 Å². The van der Waals surface area contributed by atoms with Gasteiger partial charge in [0.2, 0.25) is 5.13 Å². The molecule has 63 heavy (non-hydrogen) atoms. The van der Waals surface area contributed by atoms with Gasteiger partial charge in [-0.05, 0) is 76.5 Å². The summed E-state index contributed by atoms with van der Waals surface area (Å²) in [5, 5.41) is 11.8. The smallest absolute Gasteiger partial charge is 0.348 e. The van der Waals surface area contributed by atoms with E-state index in [1.807, 2.05) is 32.8 Å². The monoisotopic (exact) mass is 887 g/mol. The van der Waals surface area contributed by atoms with Crippen molar-refractivity contribution < 1.29 is 28.7 Å². The number of ether oxygens (including phenoxy) is 2. The number of hydrogen-bond acceptors (Lipinski definition) is 13. The Balaban J connectivity index is 1.37. The highest BCUT2D eigenvalue weighted by atomic mass is 32.1. The minimum absolute atomic E-state index is 0.0698. The third kappa shape index (κ3) is 10.4. The van der Waals surface area contributed by atoms with E-state index in [1.54, 1.807) is 97.3 Å². The van der Waals surface area contributed by atoms with Gasteiger partial charge in [-0.2, -0.15) is 10.0 Å². The maximum Gasteiger partial charge on any atom is 0.348 e. The van der Waals surface area contributed by atoms with Gasteiger partial charge in [-0.1, -0.05) is 58.9 Å². The van der Waals surface area contributed by atoms with Gasteiger partial charge in [0, 0.05) is 72.5 Å². The lowest BCUT2D eigenvalue weighted by molar-refractivity contribution is 0.102. The van der Waals surface area contributed by atoms with Crippen molar-refractivity contribution >= 4 is 67.9 Å². The number of carbonyl (C=O) groups is 4. The highest BCUT2D eigenvalue weighted by molar-refractivity contribution is 7.16. The van der Waals surface area contributed by atoms with Crippen LogP contribution < -0.4 is 35.4 Å². The fourth-order valence-corrected chi connectivity index (χ4v) is 8.98. The number of thiazole rings is 2. The van der Waals surface area contributed by atoms with Crippen molar-refractivity contribution in [2.75, 3.05) is 75.1 Å². The number of aromatic nitrogens is 2. The van der Waals surface area contributed by atoms with Gasteiger partial charge in [-0.25, -0.2) is 19.6 Å². The molecule has 0 radical (unpaired) electrons. The van der Waals surface area contributed by atoms with Gasteiger partial charge in [0.05, 0.1) is 36.7 Å². The second-order valence-corrected chi connectivity index (χ2v) is 17.3. The summed E-state index contributed by atoms with van der Waals surface area (Å²) >= 11 is 2.51. The number of carbonyl (C=O) groups excluding carboxylic acids is 4. The van der Waals surface area contributed by atoms with Crippen molar-refractivity contribution in [3.05, 3.63) is 140 Å². The standard InChI is InChI=1S/C46H49N9O6S2/c1-29-15-17-37(35(23-29)41(56)33-11-7-9-13-39(33)60-5)50-44(58)55(46-49-26-31(63-46)27-52(3)4)54(45(59)51-43-48-25-32(62-43)28-53-21-19-47-20-22-53)38-18-16-30(2)24-36(38)42(57)34-12-8-10-14-40(34)61-6/h7-18,23-26,47H,19-22,27-28H2,1-6H3,(H,50,58)(H,48,51,59). The molecule has 0 spiro atoms. The summed E-state index contributed by atoms with van der Waals surface area (Å²) in [6.07, 6.45) is 3.36. The first-order valence-corrected chi connectivity index (χ1v) is 21.8. The Morgan fingerprint density at radius 2 is 1.29 bits per heavy atom. The molecule has 0 bridgehead atoms. The van der Waals surface area contributed by atoms with Gasteiger partial charge in [-0.3, -0.25) is 19.8 Å². The fraction of sp³-hybridized carbons (Fsp3) is 0.261. The molecule has 7 rings (SSSR count). The first-order chi connectivity index (χ1) is 30.4. The van der Waals surface area contributed by atoms with Crippen LogP contribution in [-0.2, 0) is 13.1 Å². The third-order valence-electron chi connectivity index (χ3n) is 10.1. The first-order valence-electron chi connectivity index (χ1n) is 20.2. The second-order valence-electron chi connectivity index (χ2n) is 15.1. The van der Waals surface area contributed by atoms with Crippen LogP contribution in [0.25, 0.3) is 0 Å². The zero-order valence-electron chi connectivity index (χ0n) is 35.9. The van der Waals surface area contributed by atoms with Crippen LogP contribution in [0.3, 0.4) is 0 Å². The van der Waals surface area contributed by atoms with Gasteiger partial charge in [-0.15, -0.1) is 11.3 Å². The Bertz CT molecular complexity index is 2620. The van der Waals surface area contributed by atoms with E-state index < -0.39 is 23.6 Å². The zero-order valence-corrected chi connectivity index (χ0v) is 37.6. The highest BCUT2D eigenvalue weighted by Crippen LogP contribution is 2.35. The summed E-state index contributed by atoms with van der Waals surface area (Å²) < 4.78 is 11.1. The number of hydrazine groups is 1. The summed E-state index contributed by atoms with van der Waals surface area (Å²) in [5.41, 5.74) is 2.60. The molecule has 1 aliphatic rings. The van der Waals surface area contributed by atoms with Crippen molar-refractivity contribution in [2.24, 2.45) is 0 Å². The number of ketones is 2. The predicted octanol–water partition coefficient (Wildman–Crippen LogP) is 7.85. The molecule has 0 saturated carbocycles. The Morgan fingerprint density at radius 3 is 1.94 bits per heavy atom. The van der Waals surface area contributed by atoms with Crippen LogP contribution in [0.15, 0.2) is 97.3 Å². The molecule has 1 aliphatic heterocycles. The van der Waals surface area contributed by atoms with Gasteiger partial charge >= 0.3 is 12.1 Å². The van der Waals surface area contributed by atoms with E-state index in [2.05, 4.69) is 30.8 Å². The van der Waals surface area contributed by atoms with E-state index in [0.717, 1.165) is 57.1 Å². The topological polar surface area (TPSA) is 162 Å². The number of urea groups is 2. The van der Waals surface area contributed by atoms with E-state index in [4.69, 9.17) is 9.47 Å². The fourth-order valence-electron chi connectivity index (χ4n) is 7.12. The number of aryl methyl sites for hydroxylation is 2. The largest absolute Gasteiger partial charge is 0.496 e. The minimum atomic E-state index is -0.844. The van der Waals surface area contributed by atoms with Crippen molar-refractivity contribution in [1.82, 2.24) is 25.1 Å². The van der Waals surface area contributed by atoms with Crippen LogP contribution >= 0.6 is 22.7 Å². The minimum Gasteiger partial charge on any atom is -0.496 e. The quantitative estimate of drug-likeness (QED) is 0.0722. The molecule has 3 heterocycles. The SMILES string of the molecule is COc1ccccc1C(=O)c1cc(C)ccc1NC(=O)N(c1ncc(CN(C)C)s1)N(C(=O)Nc1ncc(CN2CCNCC2)s1)c1ccc(C)cc1C(=O)c1ccccc1OC. The summed E-state index contributed by atoms with van der Waals surface area (Å²) in [5.74, 6) is -0.140. The van der Waals surface area contributed by atoms with Crippen LogP contribution in [0.1, 0.15) is 52.7 Å². The van der Waals surface area contributed by atoms with Gasteiger partial charge < -0.3 is 25.0 Å². The number of nitrogens with zero attached hydrogens (tertiary/aromatic N) is 6. The third-order valence-corrected chi connectivity index (χ3v) is 12.0. The summed E-state index contributed by atoms with van der Waals surface area (Å²) in [4.78, 5) is 74.6. The molecule has 4 aromatic carbocycles. The Morgan fingerprint density at radius 1 is 0.698 bits per heavy atom. The van der Waals surface area contributed by atoms with Gasteiger partial charge in [0.25, 0.3) is 0 Å². The molecule has 2 aromatic heterocycles. The summed E-state index contributed by atoms with van der Waals surface area (Å²) in [6, 6.07) is 22.1. The Kier molecular flexibility index (Phi) is 14.2. The number of methoxy groups -OCH3 is 2. The van der Waals surface area contributed by atoms with Gasteiger partial charge in [0.15, 0.2) is 16.7 Å². The van der Waals surface area contributed by atoms with Crippen molar-refractivity contribution in [3.8, 4) is 11.5 Å².